The molecule has 1 aromatic heterocycles. The summed E-state index contributed by atoms with van der Waals surface area (Å²) in [6, 6.07) is 13.8. The number of carbonyl (C=O) groups is 2. The molecule has 1 heterocycles. The largest absolute Gasteiger partial charge is 0.369 e. The monoisotopic (exact) mass is 398 g/mol. The molecule has 0 fully saturated rings. The lowest BCUT2D eigenvalue weighted by Crippen LogP contribution is -2.31. The lowest BCUT2D eigenvalue weighted by atomic mass is 10.2. The highest BCUT2D eigenvalue weighted by Crippen LogP contribution is 2.26. The van der Waals surface area contributed by atoms with Gasteiger partial charge in [-0.1, -0.05) is 24.3 Å². The number of amides is 2. The van der Waals surface area contributed by atoms with Crippen LogP contribution in [0.3, 0.4) is 0 Å². The Balaban J connectivity index is 1.74. The van der Waals surface area contributed by atoms with E-state index in [0.29, 0.717) is 16.6 Å². The number of thioether (sulfide) groups is 1. The maximum Gasteiger partial charge on any atom is 0.328 e. The molecular weight excluding hydrogens is 380 g/mol. The van der Waals surface area contributed by atoms with Crippen LogP contribution in [0.15, 0.2) is 63.0 Å². The Hall–Kier alpha value is -3.33. The van der Waals surface area contributed by atoms with Crippen molar-refractivity contribution in [3.05, 3.63) is 69.4 Å². The summed E-state index contributed by atoms with van der Waals surface area (Å²) in [6.07, 6.45) is 0.0325. The van der Waals surface area contributed by atoms with Crippen LogP contribution in [0.2, 0.25) is 0 Å². The Morgan fingerprint density at radius 2 is 1.79 bits per heavy atom. The van der Waals surface area contributed by atoms with Gasteiger partial charge >= 0.3 is 5.69 Å². The van der Waals surface area contributed by atoms with E-state index in [1.807, 2.05) is 0 Å². The standard InChI is InChI=1S/C19H18N4O4S/c20-16(24)11-28-15-8-4-2-6-13(15)21-17(25)9-10-23-14-7-3-1-5-12(14)18(26)22-19(23)27/h1-8H,9-11H2,(H2,20,24)(H,21,25)(H,22,26,27). The van der Waals surface area contributed by atoms with Crippen molar-refractivity contribution >= 4 is 40.2 Å². The van der Waals surface area contributed by atoms with Crippen molar-refractivity contribution < 1.29 is 9.59 Å². The molecule has 0 saturated carbocycles. The van der Waals surface area contributed by atoms with Gasteiger partial charge in [-0.2, -0.15) is 0 Å². The van der Waals surface area contributed by atoms with Crippen LogP contribution < -0.4 is 22.3 Å². The molecule has 0 unspecified atom stereocenters. The summed E-state index contributed by atoms with van der Waals surface area (Å²) in [5.41, 5.74) is 5.19. The average molecular weight is 398 g/mol. The highest BCUT2D eigenvalue weighted by molar-refractivity contribution is 8.00. The zero-order valence-corrected chi connectivity index (χ0v) is 15.6. The number of H-pyrrole nitrogens is 1. The Morgan fingerprint density at radius 1 is 1.07 bits per heavy atom. The van der Waals surface area contributed by atoms with Gasteiger partial charge in [0.15, 0.2) is 0 Å². The fraction of sp³-hybridized carbons (Fsp3) is 0.158. The number of carbonyl (C=O) groups excluding carboxylic acids is 2. The number of para-hydroxylation sites is 2. The Labute approximate surface area is 163 Å². The van der Waals surface area contributed by atoms with Gasteiger partial charge in [-0.15, -0.1) is 11.8 Å². The van der Waals surface area contributed by atoms with E-state index in [2.05, 4.69) is 10.3 Å². The highest BCUT2D eigenvalue weighted by Gasteiger charge is 2.11. The summed E-state index contributed by atoms with van der Waals surface area (Å²) in [5, 5.41) is 3.17. The molecule has 0 atom stereocenters. The molecule has 0 aliphatic rings. The maximum atomic E-state index is 12.4. The number of anilines is 1. The smallest absolute Gasteiger partial charge is 0.328 e. The molecule has 8 nitrogen and oxygen atoms in total. The van der Waals surface area contributed by atoms with Crippen LogP contribution in [0.25, 0.3) is 10.9 Å². The molecule has 0 spiro atoms. The number of primary amides is 1. The molecule has 2 aromatic carbocycles. The summed E-state index contributed by atoms with van der Waals surface area (Å²) in [6.45, 7) is 0.110. The second kappa shape index (κ2) is 8.57. The first kappa shape index (κ1) is 19.4. The maximum absolute atomic E-state index is 12.4. The first-order chi connectivity index (χ1) is 13.5. The molecule has 3 rings (SSSR count). The van der Waals surface area contributed by atoms with Gasteiger partial charge in [-0.05, 0) is 24.3 Å². The number of aryl methyl sites for hydroxylation is 1. The Bertz CT molecular complexity index is 1150. The van der Waals surface area contributed by atoms with E-state index in [-0.39, 0.29) is 24.6 Å². The van der Waals surface area contributed by atoms with Gasteiger partial charge in [-0.3, -0.25) is 23.9 Å². The summed E-state index contributed by atoms with van der Waals surface area (Å²) >= 11 is 1.23. The fourth-order valence-corrected chi connectivity index (χ4v) is 3.48. The third-order valence-electron chi connectivity index (χ3n) is 4.00. The molecule has 144 valence electrons. The summed E-state index contributed by atoms with van der Waals surface area (Å²) < 4.78 is 1.37. The normalized spacial score (nSPS) is 10.7. The number of rotatable bonds is 7. The van der Waals surface area contributed by atoms with Crippen LogP contribution in [-0.4, -0.2) is 27.1 Å². The fourth-order valence-electron chi connectivity index (χ4n) is 2.74. The van der Waals surface area contributed by atoms with Gasteiger partial charge in [0, 0.05) is 17.9 Å². The number of nitrogens with zero attached hydrogens (tertiary/aromatic N) is 1. The Morgan fingerprint density at radius 3 is 2.57 bits per heavy atom. The van der Waals surface area contributed by atoms with Crippen LogP contribution in [0.4, 0.5) is 5.69 Å². The van der Waals surface area contributed by atoms with Crippen LogP contribution in [0.1, 0.15) is 6.42 Å². The van der Waals surface area contributed by atoms with Crippen LogP contribution in [0.5, 0.6) is 0 Å². The third-order valence-corrected chi connectivity index (χ3v) is 5.09. The summed E-state index contributed by atoms with van der Waals surface area (Å²) in [4.78, 5) is 50.4. The molecular formula is C19H18N4O4S. The van der Waals surface area contributed by atoms with Crippen LogP contribution >= 0.6 is 11.8 Å². The van der Waals surface area contributed by atoms with Crippen molar-refractivity contribution in [2.75, 3.05) is 11.1 Å². The second-order valence-corrected chi connectivity index (χ2v) is 6.99. The van der Waals surface area contributed by atoms with Gasteiger partial charge in [0.05, 0.1) is 22.3 Å². The van der Waals surface area contributed by atoms with E-state index in [1.165, 1.54) is 16.3 Å². The van der Waals surface area contributed by atoms with Crippen LogP contribution in [0, 0.1) is 0 Å². The van der Waals surface area contributed by atoms with Gasteiger partial charge in [0.25, 0.3) is 5.56 Å². The van der Waals surface area contributed by atoms with Crippen molar-refractivity contribution in [3.63, 3.8) is 0 Å². The molecule has 0 aliphatic carbocycles. The number of nitrogens with two attached hydrogens (primary N) is 1. The van der Waals surface area contributed by atoms with Crippen molar-refractivity contribution in [2.45, 2.75) is 17.9 Å². The zero-order chi connectivity index (χ0) is 20.1. The quantitative estimate of drug-likeness (QED) is 0.517. The second-order valence-electron chi connectivity index (χ2n) is 5.98. The number of aromatic amines is 1. The first-order valence-electron chi connectivity index (χ1n) is 8.47. The van der Waals surface area contributed by atoms with Gasteiger partial charge in [0.1, 0.15) is 0 Å². The van der Waals surface area contributed by atoms with Crippen molar-refractivity contribution in [2.24, 2.45) is 5.73 Å². The van der Waals surface area contributed by atoms with E-state index >= 15 is 0 Å². The minimum absolute atomic E-state index is 0.0325. The molecule has 0 aliphatic heterocycles. The lowest BCUT2D eigenvalue weighted by Gasteiger charge is -2.12. The predicted molar refractivity (Wildman–Crippen MR) is 108 cm³/mol. The molecule has 3 aromatic rings. The number of aromatic nitrogens is 2. The minimum Gasteiger partial charge on any atom is -0.369 e. The highest BCUT2D eigenvalue weighted by atomic mass is 32.2. The van der Waals surface area contributed by atoms with Crippen LogP contribution in [-0.2, 0) is 16.1 Å². The third kappa shape index (κ3) is 4.49. The minimum atomic E-state index is -0.561. The number of nitrogens with one attached hydrogen (secondary N) is 2. The van der Waals surface area contributed by atoms with Crippen molar-refractivity contribution in [3.8, 4) is 0 Å². The Kier molecular flexibility index (Phi) is 5.95. The molecule has 0 radical (unpaired) electrons. The number of benzene rings is 2. The van der Waals surface area contributed by atoms with E-state index < -0.39 is 17.2 Å². The van der Waals surface area contributed by atoms with E-state index in [4.69, 9.17) is 5.73 Å². The van der Waals surface area contributed by atoms with E-state index in [9.17, 15) is 19.2 Å². The first-order valence-corrected chi connectivity index (χ1v) is 9.46. The number of fused-ring (bicyclic) bond motifs is 1. The molecule has 0 bridgehead atoms. The summed E-state index contributed by atoms with van der Waals surface area (Å²) in [7, 11) is 0. The van der Waals surface area contributed by atoms with E-state index in [0.717, 1.165) is 4.90 Å². The summed E-state index contributed by atoms with van der Waals surface area (Å²) in [5.74, 6) is -0.643. The number of hydrogen-bond acceptors (Lipinski definition) is 5. The predicted octanol–water partition coefficient (Wildman–Crippen LogP) is 1.30. The molecule has 0 saturated heterocycles. The van der Waals surface area contributed by atoms with E-state index in [1.54, 1.807) is 48.5 Å². The number of hydrogen-bond donors (Lipinski definition) is 3. The SMILES string of the molecule is NC(=O)CSc1ccccc1NC(=O)CCn1c(=O)[nH]c(=O)c2ccccc21. The zero-order valence-electron chi connectivity index (χ0n) is 14.8. The van der Waals surface area contributed by atoms with Gasteiger partial charge < -0.3 is 11.1 Å². The van der Waals surface area contributed by atoms with Crippen molar-refractivity contribution in [1.82, 2.24) is 9.55 Å². The lowest BCUT2D eigenvalue weighted by molar-refractivity contribution is -0.116. The molecule has 4 N–H and O–H groups in total. The molecule has 2 amide bonds. The molecule has 9 heteroatoms. The topological polar surface area (TPSA) is 127 Å². The van der Waals surface area contributed by atoms with Gasteiger partial charge in [0.2, 0.25) is 11.8 Å². The van der Waals surface area contributed by atoms with Gasteiger partial charge in [-0.25, -0.2) is 4.79 Å². The van der Waals surface area contributed by atoms with Crippen molar-refractivity contribution in [1.29, 1.82) is 0 Å². The average Bonchev–Trinajstić information content (AvgIpc) is 2.67. The molecule has 28 heavy (non-hydrogen) atoms.